The Kier molecular flexibility index (Phi) is 5.03. The molecule has 1 aliphatic rings. The predicted molar refractivity (Wildman–Crippen MR) is 80.4 cm³/mol. The van der Waals surface area contributed by atoms with Crippen LogP contribution in [0.1, 0.15) is 18.6 Å². The average Bonchev–Trinajstić information content (AvgIpc) is 2.47. The largest absolute Gasteiger partial charge is 0.438 e. The van der Waals surface area contributed by atoms with Crippen LogP contribution in [0.5, 0.6) is 5.75 Å². The molecule has 0 aliphatic carbocycles. The van der Waals surface area contributed by atoms with E-state index in [9.17, 15) is 0 Å². The topological polar surface area (TPSA) is 55.2 Å². The van der Waals surface area contributed by atoms with E-state index in [-0.39, 0.29) is 12.2 Å². The van der Waals surface area contributed by atoms with Crippen molar-refractivity contribution in [1.82, 2.24) is 5.32 Å². The van der Waals surface area contributed by atoms with Gasteiger partial charge in [0, 0.05) is 19.8 Å². The normalized spacial score (nSPS) is 23.1. The number of morpholine rings is 1. The van der Waals surface area contributed by atoms with E-state index in [4.69, 9.17) is 9.47 Å². The van der Waals surface area contributed by atoms with Gasteiger partial charge in [0.15, 0.2) is 0 Å². The molecule has 0 aromatic heterocycles. The fourth-order valence-electron chi connectivity index (χ4n) is 2.06. The third-order valence-corrected chi connectivity index (χ3v) is 2.95. The van der Waals surface area contributed by atoms with Crippen LogP contribution in [0.2, 0.25) is 0 Å². The minimum absolute atomic E-state index is 0.0314. The van der Waals surface area contributed by atoms with E-state index in [0.717, 1.165) is 18.7 Å². The number of rotatable bonds is 4. The van der Waals surface area contributed by atoms with E-state index in [0.29, 0.717) is 11.6 Å². The summed E-state index contributed by atoms with van der Waals surface area (Å²) in [5.74, 6) is 0.986. The lowest BCUT2D eigenvalue weighted by Crippen LogP contribution is -2.38. The molecular formula is C15H19N3O2. The summed E-state index contributed by atoms with van der Waals surface area (Å²) in [5, 5.41) is 10.5. The molecule has 0 radical (unpaired) electrons. The Morgan fingerprint density at radius 1 is 1.50 bits per heavy atom. The maximum absolute atomic E-state index is 5.91. The molecule has 2 rings (SSSR count). The first-order valence-electron chi connectivity index (χ1n) is 6.53. The molecule has 1 aromatic rings. The van der Waals surface area contributed by atoms with Crippen LogP contribution in [0.15, 0.2) is 47.1 Å². The molecule has 5 nitrogen and oxygen atoms in total. The van der Waals surface area contributed by atoms with Crippen molar-refractivity contribution < 1.29 is 9.47 Å². The number of hydrogen-bond donors (Lipinski definition) is 1. The summed E-state index contributed by atoms with van der Waals surface area (Å²) in [5.41, 5.74) is 1.07. The van der Waals surface area contributed by atoms with Gasteiger partial charge in [-0.15, -0.1) is 5.10 Å². The van der Waals surface area contributed by atoms with Crippen molar-refractivity contribution in [2.45, 2.75) is 19.1 Å². The fraction of sp³-hybridized carbons (Fsp3) is 0.333. The summed E-state index contributed by atoms with van der Waals surface area (Å²) < 4.78 is 11.5. The van der Waals surface area contributed by atoms with Gasteiger partial charge in [-0.2, -0.15) is 5.10 Å². The molecule has 106 valence electrons. The molecular weight excluding hydrogens is 254 g/mol. The second-order valence-corrected chi connectivity index (χ2v) is 4.55. The van der Waals surface area contributed by atoms with Crippen LogP contribution in [0.3, 0.4) is 0 Å². The highest BCUT2D eigenvalue weighted by Crippen LogP contribution is 2.24. The van der Waals surface area contributed by atoms with Crippen LogP contribution in [-0.4, -0.2) is 31.8 Å². The highest BCUT2D eigenvalue weighted by molar-refractivity contribution is 5.88. The van der Waals surface area contributed by atoms with Gasteiger partial charge in [-0.25, -0.2) is 0 Å². The van der Waals surface area contributed by atoms with Gasteiger partial charge in [0.25, 0.3) is 0 Å². The molecule has 0 unspecified atom stereocenters. The Morgan fingerprint density at radius 3 is 3.05 bits per heavy atom. The monoisotopic (exact) mass is 273 g/mol. The van der Waals surface area contributed by atoms with Gasteiger partial charge < -0.3 is 14.8 Å². The first kappa shape index (κ1) is 14.4. The number of hydrogen-bond acceptors (Lipinski definition) is 5. The first-order chi connectivity index (χ1) is 9.72. The van der Waals surface area contributed by atoms with Gasteiger partial charge in [-0.1, -0.05) is 18.7 Å². The Labute approximate surface area is 119 Å². The minimum Gasteiger partial charge on any atom is -0.438 e. The SMILES string of the molecule is C=C/C(=N\N=C)Oc1cccc([C@H]2CNC[C@@H](C)O2)c1. The molecule has 20 heavy (non-hydrogen) atoms. The van der Waals surface area contributed by atoms with Gasteiger partial charge >= 0.3 is 0 Å². The summed E-state index contributed by atoms with van der Waals surface area (Å²) >= 11 is 0. The molecule has 1 N–H and O–H groups in total. The number of benzene rings is 1. The van der Waals surface area contributed by atoms with Crippen LogP contribution in [-0.2, 0) is 4.74 Å². The Bertz CT molecular complexity index is 514. The van der Waals surface area contributed by atoms with Crippen molar-refractivity contribution in [3.63, 3.8) is 0 Å². The quantitative estimate of drug-likeness (QED) is 0.520. The van der Waals surface area contributed by atoms with Gasteiger partial charge in [-0.05, 0) is 30.7 Å². The zero-order chi connectivity index (χ0) is 14.4. The van der Waals surface area contributed by atoms with Crippen molar-refractivity contribution in [3.05, 3.63) is 42.5 Å². The third-order valence-electron chi connectivity index (χ3n) is 2.95. The molecule has 1 aliphatic heterocycles. The molecule has 1 saturated heterocycles. The second kappa shape index (κ2) is 6.98. The average molecular weight is 273 g/mol. The summed E-state index contributed by atoms with van der Waals surface area (Å²) in [6, 6.07) is 7.74. The van der Waals surface area contributed by atoms with Gasteiger partial charge in [0.2, 0.25) is 5.90 Å². The smallest absolute Gasteiger partial charge is 0.238 e. The van der Waals surface area contributed by atoms with Crippen molar-refractivity contribution in [3.8, 4) is 5.75 Å². The molecule has 0 saturated carbocycles. The number of nitrogens with one attached hydrogen (secondary N) is 1. The van der Waals surface area contributed by atoms with E-state index < -0.39 is 0 Å². The lowest BCUT2D eigenvalue weighted by Gasteiger charge is -2.29. The summed E-state index contributed by atoms with van der Waals surface area (Å²) in [4.78, 5) is 0. The maximum Gasteiger partial charge on any atom is 0.238 e. The van der Waals surface area contributed by atoms with Crippen molar-refractivity contribution >= 4 is 12.6 Å². The van der Waals surface area contributed by atoms with Crippen LogP contribution < -0.4 is 10.1 Å². The molecule has 0 bridgehead atoms. The number of nitrogens with zero attached hydrogens (tertiary/aromatic N) is 2. The van der Waals surface area contributed by atoms with Crippen molar-refractivity contribution in [2.24, 2.45) is 10.2 Å². The van der Waals surface area contributed by atoms with Gasteiger partial charge in [0.1, 0.15) is 5.75 Å². The second-order valence-electron chi connectivity index (χ2n) is 4.55. The lowest BCUT2D eigenvalue weighted by atomic mass is 10.1. The highest BCUT2D eigenvalue weighted by atomic mass is 16.5. The van der Waals surface area contributed by atoms with Crippen LogP contribution in [0.4, 0.5) is 0 Å². The molecule has 5 heteroatoms. The minimum atomic E-state index is 0.0314. The maximum atomic E-state index is 5.91. The summed E-state index contributed by atoms with van der Waals surface area (Å²) in [7, 11) is 0. The van der Waals surface area contributed by atoms with E-state index in [1.54, 1.807) is 0 Å². The fourth-order valence-corrected chi connectivity index (χ4v) is 2.06. The van der Waals surface area contributed by atoms with Crippen molar-refractivity contribution in [2.75, 3.05) is 13.1 Å². The molecule has 1 heterocycles. The zero-order valence-electron chi connectivity index (χ0n) is 11.6. The van der Waals surface area contributed by atoms with E-state index in [2.05, 4.69) is 35.7 Å². The Balaban J connectivity index is 2.13. The van der Waals surface area contributed by atoms with E-state index >= 15 is 0 Å². The summed E-state index contributed by atoms with van der Waals surface area (Å²) in [6.07, 6.45) is 1.72. The first-order valence-corrected chi connectivity index (χ1v) is 6.53. The highest BCUT2D eigenvalue weighted by Gasteiger charge is 2.20. The molecule has 1 aromatic carbocycles. The zero-order valence-corrected chi connectivity index (χ0v) is 11.6. The Hall–Kier alpha value is -1.98. The van der Waals surface area contributed by atoms with Gasteiger partial charge in [0.05, 0.1) is 12.2 Å². The molecule has 0 amide bonds. The van der Waals surface area contributed by atoms with Crippen molar-refractivity contribution in [1.29, 1.82) is 0 Å². The Morgan fingerprint density at radius 2 is 2.35 bits per heavy atom. The van der Waals surface area contributed by atoms with Crippen LogP contribution in [0.25, 0.3) is 0 Å². The standard InChI is InChI=1S/C15H19N3O2/c1-4-15(18-16-3)20-13-7-5-6-12(8-13)14-10-17-9-11(2)19-14/h4-8,11,14,17H,1,3,9-10H2,2H3/b18-15+/t11-,14-/m1/s1. The van der Waals surface area contributed by atoms with Crippen LogP contribution in [0, 0.1) is 0 Å². The molecule has 0 spiro atoms. The van der Waals surface area contributed by atoms with E-state index in [1.165, 1.54) is 6.08 Å². The third kappa shape index (κ3) is 3.76. The molecule has 1 fully saturated rings. The van der Waals surface area contributed by atoms with E-state index in [1.807, 2.05) is 24.3 Å². The lowest BCUT2D eigenvalue weighted by molar-refractivity contribution is -0.0287. The van der Waals surface area contributed by atoms with Crippen LogP contribution >= 0.6 is 0 Å². The summed E-state index contributed by atoms with van der Waals surface area (Å²) in [6.45, 7) is 10.6. The predicted octanol–water partition coefficient (Wildman–Crippen LogP) is 2.31. The van der Waals surface area contributed by atoms with Gasteiger partial charge in [-0.3, -0.25) is 0 Å². The molecule has 2 atom stereocenters. The number of ether oxygens (including phenoxy) is 2.